The summed E-state index contributed by atoms with van der Waals surface area (Å²) in [6, 6.07) is 11.2. The molecule has 0 saturated carbocycles. The summed E-state index contributed by atoms with van der Waals surface area (Å²) in [4.78, 5) is 18.9. The van der Waals surface area contributed by atoms with Crippen LogP contribution >= 0.6 is 0 Å². The van der Waals surface area contributed by atoms with E-state index in [1.54, 1.807) is 13.0 Å². The largest absolute Gasteiger partial charge is 0.443 e. The molecule has 0 atom stereocenters. The molecular weight excluding hydrogens is 216 g/mol. The maximum atomic E-state index is 11.8. The second kappa shape index (κ2) is 3.59. The Morgan fingerprint density at radius 2 is 2.00 bits per heavy atom. The van der Waals surface area contributed by atoms with Gasteiger partial charge in [0.1, 0.15) is 17.0 Å². The van der Waals surface area contributed by atoms with E-state index in [0.29, 0.717) is 22.7 Å². The lowest BCUT2D eigenvalue weighted by molar-refractivity contribution is 0.567. The lowest BCUT2D eigenvalue weighted by Crippen LogP contribution is -2.07. The van der Waals surface area contributed by atoms with Crippen LogP contribution in [-0.4, -0.2) is 9.97 Å². The molecule has 0 unspecified atom stereocenters. The zero-order valence-electron chi connectivity index (χ0n) is 9.23. The number of aromatic amines is 1. The monoisotopic (exact) mass is 226 g/mol. The van der Waals surface area contributed by atoms with Crippen LogP contribution in [0.3, 0.4) is 0 Å². The second-order valence-electron chi connectivity index (χ2n) is 3.86. The lowest BCUT2D eigenvalue weighted by Gasteiger charge is -1.99. The first-order chi connectivity index (χ1) is 8.24. The number of aryl methyl sites for hydroxylation is 1. The number of H-pyrrole nitrogens is 1. The maximum absolute atomic E-state index is 11.8. The third kappa shape index (κ3) is 1.63. The highest BCUT2D eigenvalue weighted by Gasteiger charge is 2.09. The third-order valence-corrected chi connectivity index (χ3v) is 2.57. The van der Waals surface area contributed by atoms with Gasteiger partial charge in [0.15, 0.2) is 0 Å². The summed E-state index contributed by atoms with van der Waals surface area (Å²) in [5.74, 6) is 1.21. The number of benzene rings is 1. The smallest absolute Gasteiger partial charge is 0.262 e. The van der Waals surface area contributed by atoms with Gasteiger partial charge in [0.05, 0.1) is 0 Å². The highest BCUT2D eigenvalue weighted by atomic mass is 16.3. The standard InChI is InChI=1S/C13H10N2O2/c1-8-7-10-12(16)14-11(15-13(10)17-8)9-5-3-2-4-6-9/h2-7H,1H3,(H,14,15,16). The number of furan rings is 1. The Morgan fingerprint density at radius 1 is 1.24 bits per heavy atom. The molecule has 4 heteroatoms. The molecule has 0 radical (unpaired) electrons. The molecular formula is C13H10N2O2. The van der Waals surface area contributed by atoms with Gasteiger partial charge in [-0.05, 0) is 13.0 Å². The molecule has 0 aliphatic carbocycles. The van der Waals surface area contributed by atoms with E-state index < -0.39 is 0 Å². The molecule has 2 heterocycles. The lowest BCUT2D eigenvalue weighted by atomic mass is 10.2. The van der Waals surface area contributed by atoms with Gasteiger partial charge in [0.2, 0.25) is 5.71 Å². The van der Waals surface area contributed by atoms with Crippen molar-refractivity contribution in [3.05, 3.63) is 52.5 Å². The van der Waals surface area contributed by atoms with Crippen molar-refractivity contribution in [3.63, 3.8) is 0 Å². The molecule has 0 bridgehead atoms. The minimum Gasteiger partial charge on any atom is -0.443 e. The summed E-state index contributed by atoms with van der Waals surface area (Å²) in [6.45, 7) is 1.79. The fraction of sp³-hybridized carbons (Fsp3) is 0.0769. The van der Waals surface area contributed by atoms with Crippen LogP contribution < -0.4 is 5.56 Å². The quantitative estimate of drug-likeness (QED) is 0.693. The van der Waals surface area contributed by atoms with Crippen molar-refractivity contribution >= 4 is 11.1 Å². The van der Waals surface area contributed by atoms with E-state index in [2.05, 4.69) is 9.97 Å². The van der Waals surface area contributed by atoms with Crippen molar-refractivity contribution < 1.29 is 4.42 Å². The summed E-state index contributed by atoms with van der Waals surface area (Å²) < 4.78 is 5.38. The Hall–Kier alpha value is -2.36. The van der Waals surface area contributed by atoms with Crippen molar-refractivity contribution in [1.82, 2.24) is 9.97 Å². The Labute approximate surface area is 96.9 Å². The molecule has 3 rings (SSSR count). The Balaban J connectivity index is 2.29. The summed E-state index contributed by atoms with van der Waals surface area (Å²) in [5, 5.41) is 0.488. The molecule has 0 aliphatic rings. The molecule has 84 valence electrons. The number of nitrogens with one attached hydrogen (secondary N) is 1. The molecule has 2 aromatic heterocycles. The van der Waals surface area contributed by atoms with Crippen LogP contribution in [0.2, 0.25) is 0 Å². The molecule has 1 N–H and O–H groups in total. The van der Waals surface area contributed by atoms with Crippen LogP contribution in [0.4, 0.5) is 0 Å². The third-order valence-electron chi connectivity index (χ3n) is 2.57. The second-order valence-corrected chi connectivity index (χ2v) is 3.86. The zero-order chi connectivity index (χ0) is 11.8. The Morgan fingerprint density at radius 3 is 2.76 bits per heavy atom. The minimum atomic E-state index is -0.175. The minimum absolute atomic E-state index is 0.175. The van der Waals surface area contributed by atoms with E-state index in [9.17, 15) is 4.79 Å². The van der Waals surface area contributed by atoms with E-state index in [0.717, 1.165) is 5.56 Å². The average molecular weight is 226 g/mol. The van der Waals surface area contributed by atoms with Gasteiger partial charge in [-0.15, -0.1) is 0 Å². The summed E-state index contributed by atoms with van der Waals surface area (Å²) in [5.41, 5.74) is 1.07. The molecule has 0 saturated heterocycles. The molecule has 4 nitrogen and oxygen atoms in total. The summed E-state index contributed by atoms with van der Waals surface area (Å²) in [7, 11) is 0. The number of nitrogens with zero attached hydrogens (tertiary/aromatic N) is 1. The predicted octanol–water partition coefficient (Wildman–Crippen LogP) is 2.49. The van der Waals surface area contributed by atoms with Crippen LogP contribution in [0.25, 0.3) is 22.5 Å². The first-order valence-corrected chi connectivity index (χ1v) is 5.30. The topological polar surface area (TPSA) is 58.9 Å². The molecule has 0 aliphatic heterocycles. The average Bonchev–Trinajstić information content (AvgIpc) is 2.71. The number of aromatic nitrogens is 2. The molecule has 17 heavy (non-hydrogen) atoms. The van der Waals surface area contributed by atoms with Crippen molar-refractivity contribution in [2.45, 2.75) is 6.92 Å². The maximum Gasteiger partial charge on any atom is 0.262 e. The van der Waals surface area contributed by atoms with E-state index in [1.807, 2.05) is 30.3 Å². The van der Waals surface area contributed by atoms with Gasteiger partial charge in [-0.3, -0.25) is 4.79 Å². The van der Waals surface area contributed by atoms with Crippen molar-refractivity contribution in [2.24, 2.45) is 0 Å². The van der Waals surface area contributed by atoms with Crippen LogP contribution in [0, 0.1) is 6.92 Å². The van der Waals surface area contributed by atoms with Gasteiger partial charge >= 0.3 is 0 Å². The Bertz CT molecular complexity index is 726. The van der Waals surface area contributed by atoms with Gasteiger partial charge < -0.3 is 9.40 Å². The molecule has 0 amide bonds. The summed E-state index contributed by atoms with van der Waals surface area (Å²) in [6.07, 6.45) is 0. The van der Waals surface area contributed by atoms with E-state index in [-0.39, 0.29) is 5.56 Å². The van der Waals surface area contributed by atoms with Gasteiger partial charge in [-0.2, -0.15) is 4.98 Å². The van der Waals surface area contributed by atoms with Gasteiger partial charge in [-0.1, -0.05) is 30.3 Å². The predicted molar refractivity (Wildman–Crippen MR) is 64.8 cm³/mol. The van der Waals surface area contributed by atoms with E-state index in [1.165, 1.54) is 0 Å². The van der Waals surface area contributed by atoms with Crippen molar-refractivity contribution in [2.75, 3.05) is 0 Å². The van der Waals surface area contributed by atoms with Crippen LogP contribution in [0.15, 0.2) is 45.6 Å². The van der Waals surface area contributed by atoms with Gasteiger partial charge in [0.25, 0.3) is 5.56 Å². The van der Waals surface area contributed by atoms with Crippen molar-refractivity contribution in [3.8, 4) is 11.4 Å². The fourth-order valence-electron chi connectivity index (χ4n) is 1.78. The van der Waals surface area contributed by atoms with Crippen molar-refractivity contribution in [1.29, 1.82) is 0 Å². The molecule has 3 aromatic rings. The van der Waals surface area contributed by atoms with E-state index >= 15 is 0 Å². The van der Waals surface area contributed by atoms with Gasteiger partial charge in [0, 0.05) is 5.56 Å². The van der Waals surface area contributed by atoms with Gasteiger partial charge in [-0.25, -0.2) is 0 Å². The fourth-order valence-corrected chi connectivity index (χ4v) is 1.78. The Kier molecular flexibility index (Phi) is 2.08. The SMILES string of the molecule is Cc1cc2c(=O)[nH]c(-c3ccccc3)nc2o1. The first kappa shape index (κ1) is 9.84. The van der Waals surface area contributed by atoms with E-state index in [4.69, 9.17) is 4.42 Å². The van der Waals surface area contributed by atoms with Crippen LogP contribution in [0.1, 0.15) is 5.76 Å². The highest BCUT2D eigenvalue weighted by molar-refractivity contribution is 5.75. The number of fused-ring (bicyclic) bond motifs is 1. The molecule has 0 spiro atoms. The molecule has 1 aromatic carbocycles. The summed E-state index contributed by atoms with van der Waals surface area (Å²) >= 11 is 0. The van der Waals surface area contributed by atoms with Crippen LogP contribution in [-0.2, 0) is 0 Å². The number of rotatable bonds is 1. The van der Waals surface area contributed by atoms with Crippen LogP contribution in [0.5, 0.6) is 0 Å². The molecule has 0 fully saturated rings. The first-order valence-electron chi connectivity index (χ1n) is 5.30. The highest BCUT2D eigenvalue weighted by Crippen LogP contribution is 2.17. The normalized spacial score (nSPS) is 10.9. The number of hydrogen-bond acceptors (Lipinski definition) is 3. The zero-order valence-corrected chi connectivity index (χ0v) is 9.23. The number of hydrogen-bond donors (Lipinski definition) is 1.